The van der Waals surface area contributed by atoms with Gasteiger partial charge in [-0.2, -0.15) is 0 Å². The number of carbonyl (C=O) groups excluding carboxylic acids is 1. The molecule has 0 fully saturated rings. The number of imidazole rings is 1. The zero-order valence-corrected chi connectivity index (χ0v) is 11.7. The van der Waals surface area contributed by atoms with Gasteiger partial charge in [0.2, 0.25) is 5.91 Å². The van der Waals surface area contributed by atoms with Crippen LogP contribution < -0.4 is 0 Å². The Morgan fingerprint density at radius 3 is 3.00 bits per heavy atom. The zero-order valence-electron chi connectivity index (χ0n) is 10.1. The van der Waals surface area contributed by atoms with E-state index in [2.05, 4.69) is 9.97 Å². The maximum Gasteiger partial charge on any atom is 0.223 e. The molecule has 0 atom stereocenters. The molecule has 0 spiro atoms. The highest BCUT2D eigenvalue weighted by molar-refractivity contribution is 7.71. The van der Waals surface area contributed by atoms with E-state index in [0.29, 0.717) is 22.8 Å². The minimum absolute atomic E-state index is 0.0558. The van der Waals surface area contributed by atoms with Gasteiger partial charge in [0, 0.05) is 33.3 Å². The molecule has 0 aromatic carbocycles. The second-order valence-corrected chi connectivity index (χ2v) is 4.97. The van der Waals surface area contributed by atoms with Crippen LogP contribution in [0.25, 0.3) is 11.2 Å². The Morgan fingerprint density at radius 2 is 2.33 bits per heavy atom. The van der Waals surface area contributed by atoms with Gasteiger partial charge in [0.1, 0.15) is 0 Å². The van der Waals surface area contributed by atoms with Crippen LogP contribution in [0.5, 0.6) is 0 Å². The topological polar surface area (TPSA) is 53.9 Å². The smallest absolute Gasteiger partial charge is 0.223 e. The van der Waals surface area contributed by atoms with Crippen LogP contribution in [0.1, 0.15) is 6.42 Å². The molecule has 0 aliphatic rings. The number of aromatic amines is 1. The quantitative estimate of drug-likeness (QED) is 0.880. The van der Waals surface area contributed by atoms with E-state index in [0.717, 1.165) is 11.2 Å². The first-order chi connectivity index (χ1) is 8.49. The molecule has 0 aliphatic heterocycles. The summed E-state index contributed by atoms with van der Waals surface area (Å²) in [6.45, 7) is 0.504. The Labute approximate surface area is 114 Å². The number of halogens is 1. The maximum absolute atomic E-state index is 11.6. The standard InChI is InChI=1S/C11H13ClN4OS/c1-15(2)9(17)3-4-16-10-8(14-11(16)18)5-7(12)6-13-10/h5-6H,3-4H2,1-2H3,(H,14,18). The number of aromatic nitrogens is 3. The highest BCUT2D eigenvalue weighted by Crippen LogP contribution is 2.16. The molecule has 2 heterocycles. The maximum atomic E-state index is 11.6. The van der Waals surface area contributed by atoms with Crippen molar-refractivity contribution in [3.05, 3.63) is 22.1 Å². The zero-order chi connectivity index (χ0) is 13.3. The molecule has 96 valence electrons. The molecule has 7 heteroatoms. The number of fused-ring (bicyclic) bond motifs is 1. The van der Waals surface area contributed by atoms with Crippen molar-refractivity contribution in [2.45, 2.75) is 13.0 Å². The SMILES string of the molecule is CN(C)C(=O)CCn1c(=S)[nH]c2cc(Cl)cnc21. The van der Waals surface area contributed by atoms with Crippen molar-refractivity contribution in [1.29, 1.82) is 0 Å². The fourth-order valence-corrected chi connectivity index (χ4v) is 2.10. The van der Waals surface area contributed by atoms with Crippen molar-refractivity contribution in [3.63, 3.8) is 0 Å². The highest BCUT2D eigenvalue weighted by atomic mass is 35.5. The molecule has 1 N–H and O–H groups in total. The number of hydrogen-bond acceptors (Lipinski definition) is 3. The van der Waals surface area contributed by atoms with E-state index >= 15 is 0 Å². The molecule has 0 unspecified atom stereocenters. The van der Waals surface area contributed by atoms with Gasteiger partial charge in [-0.1, -0.05) is 11.6 Å². The minimum Gasteiger partial charge on any atom is -0.349 e. The van der Waals surface area contributed by atoms with Gasteiger partial charge in [-0.25, -0.2) is 4.98 Å². The fourth-order valence-electron chi connectivity index (χ4n) is 1.66. The van der Waals surface area contributed by atoms with Crippen molar-refractivity contribution in [1.82, 2.24) is 19.4 Å². The summed E-state index contributed by atoms with van der Waals surface area (Å²) in [7, 11) is 3.46. The fraction of sp³-hybridized carbons (Fsp3) is 0.364. The second-order valence-electron chi connectivity index (χ2n) is 4.14. The summed E-state index contributed by atoms with van der Waals surface area (Å²) in [5.74, 6) is 0.0558. The van der Waals surface area contributed by atoms with Crippen LogP contribution in [0, 0.1) is 4.77 Å². The molecule has 2 aromatic rings. The number of nitrogens with one attached hydrogen (secondary N) is 1. The first kappa shape index (κ1) is 13.0. The van der Waals surface area contributed by atoms with Gasteiger partial charge in [0.15, 0.2) is 10.4 Å². The van der Waals surface area contributed by atoms with Gasteiger partial charge in [-0.15, -0.1) is 0 Å². The van der Waals surface area contributed by atoms with Crippen LogP contribution in [0.4, 0.5) is 0 Å². The van der Waals surface area contributed by atoms with Crippen LogP contribution in [-0.4, -0.2) is 39.4 Å². The number of pyridine rings is 1. The van der Waals surface area contributed by atoms with Crippen LogP contribution in [0.3, 0.4) is 0 Å². The Bertz CT molecular complexity index is 646. The molecule has 5 nitrogen and oxygen atoms in total. The molecular formula is C11H13ClN4OS. The van der Waals surface area contributed by atoms with Crippen LogP contribution >= 0.6 is 23.8 Å². The van der Waals surface area contributed by atoms with Crippen molar-refractivity contribution in [3.8, 4) is 0 Å². The van der Waals surface area contributed by atoms with Crippen molar-refractivity contribution in [2.75, 3.05) is 14.1 Å². The molecule has 2 aromatic heterocycles. The molecule has 2 rings (SSSR count). The van der Waals surface area contributed by atoms with Gasteiger partial charge < -0.3 is 14.5 Å². The number of H-pyrrole nitrogens is 1. The van der Waals surface area contributed by atoms with Gasteiger partial charge in [-0.05, 0) is 18.3 Å². The predicted octanol–water partition coefficient (Wildman–Crippen LogP) is 2.23. The second kappa shape index (κ2) is 5.07. The average Bonchev–Trinajstić information content (AvgIpc) is 2.60. The van der Waals surface area contributed by atoms with E-state index in [-0.39, 0.29) is 5.91 Å². The Kier molecular flexibility index (Phi) is 3.68. The largest absolute Gasteiger partial charge is 0.349 e. The third-order valence-corrected chi connectivity index (χ3v) is 3.15. The van der Waals surface area contributed by atoms with Gasteiger partial charge in [0.05, 0.1) is 10.5 Å². The lowest BCUT2D eigenvalue weighted by atomic mass is 10.3. The normalized spacial score (nSPS) is 10.8. The summed E-state index contributed by atoms with van der Waals surface area (Å²) < 4.78 is 2.36. The van der Waals surface area contributed by atoms with E-state index < -0.39 is 0 Å². The minimum atomic E-state index is 0.0558. The molecule has 0 aliphatic carbocycles. The summed E-state index contributed by atoms with van der Waals surface area (Å²) in [5, 5.41) is 0.551. The number of amides is 1. The number of nitrogens with zero attached hydrogens (tertiary/aromatic N) is 3. The molecule has 0 bridgehead atoms. The first-order valence-electron chi connectivity index (χ1n) is 5.43. The van der Waals surface area contributed by atoms with Gasteiger partial charge in [0.25, 0.3) is 0 Å². The molecular weight excluding hydrogens is 272 g/mol. The third-order valence-electron chi connectivity index (χ3n) is 2.62. The lowest BCUT2D eigenvalue weighted by Crippen LogP contribution is -2.22. The molecule has 18 heavy (non-hydrogen) atoms. The Balaban J connectivity index is 2.31. The van der Waals surface area contributed by atoms with Crippen molar-refractivity contribution < 1.29 is 4.79 Å². The molecule has 1 amide bonds. The summed E-state index contributed by atoms with van der Waals surface area (Å²) in [6.07, 6.45) is 1.95. The van der Waals surface area contributed by atoms with Crippen LogP contribution in [-0.2, 0) is 11.3 Å². The van der Waals surface area contributed by atoms with Crippen LogP contribution in [0.2, 0.25) is 5.02 Å². The lowest BCUT2D eigenvalue weighted by Gasteiger charge is -2.10. The van der Waals surface area contributed by atoms with E-state index in [4.69, 9.17) is 23.8 Å². The van der Waals surface area contributed by atoms with Crippen molar-refractivity contribution in [2.24, 2.45) is 0 Å². The van der Waals surface area contributed by atoms with Gasteiger partial charge in [-0.3, -0.25) is 4.79 Å². The number of aryl methyl sites for hydroxylation is 1. The van der Waals surface area contributed by atoms with Crippen LogP contribution in [0.15, 0.2) is 12.3 Å². The number of hydrogen-bond donors (Lipinski definition) is 1. The summed E-state index contributed by atoms with van der Waals surface area (Å²) in [6, 6.07) is 1.77. The van der Waals surface area contributed by atoms with Gasteiger partial charge >= 0.3 is 0 Å². The third kappa shape index (κ3) is 2.54. The van der Waals surface area contributed by atoms with Crippen molar-refractivity contribution >= 4 is 40.9 Å². The highest BCUT2D eigenvalue weighted by Gasteiger charge is 2.09. The monoisotopic (exact) mass is 284 g/mol. The van der Waals surface area contributed by atoms with E-state index in [1.54, 1.807) is 31.3 Å². The molecule has 0 saturated heterocycles. The number of carbonyl (C=O) groups is 1. The van der Waals surface area contributed by atoms with E-state index in [1.165, 1.54) is 0 Å². The first-order valence-corrected chi connectivity index (χ1v) is 6.22. The molecule has 0 saturated carbocycles. The van der Waals surface area contributed by atoms with E-state index in [1.807, 2.05) is 4.57 Å². The lowest BCUT2D eigenvalue weighted by molar-refractivity contribution is -0.128. The Hall–Kier alpha value is -1.40. The number of rotatable bonds is 3. The summed E-state index contributed by atoms with van der Waals surface area (Å²) in [4.78, 5) is 20.4. The molecule has 0 radical (unpaired) electrons. The average molecular weight is 285 g/mol. The summed E-state index contributed by atoms with van der Waals surface area (Å²) in [5.41, 5.74) is 1.50. The predicted molar refractivity (Wildman–Crippen MR) is 73.2 cm³/mol. The summed E-state index contributed by atoms with van der Waals surface area (Å²) >= 11 is 11.1. The van der Waals surface area contributed by atoms with E-state index in [9.17, 15) is 4.79 Å². The Morgan fingerprint density at radius 1 is 1.61 bits per heavy atom.